The van der Waals surface area contributed by atoms with Crippen LogP contribution < -0.4 is 5.73 Å². The lowest BCUT2D eigenvalue weighted by molar-refractivity contribution is -0.0959. The number of nitrogens with one attached hydrogen (secondary N) is 1. The number of nitrogens with zero attached hydrogens (tertiary/aromatic N) is 2. The molecule has 6 nitrogen and oxygen atoms in total. The molecule has 0 aromatic carbocycles. The monoisotopic (exact) mass is 236 g/mol. The Labute approximate surface area is 98.8 Å². The number of nitrogens with two attached hydrogens (primary N) is 1. The van der Waals surface area contributed by atoms with Crippen LogP contribution in [0.1, 0.15) is 29.0 Å². The minimum atomic E-state index is -0.657. The van der Waals surface area contributed by atoms with E-state index in [2.05, 4.69) is 10.2 Å². The number of likely N-dealkylation sites (tertiary alicyclic amines) is 1. The van der Waals surface area contributed by atoms with Gasteiger partial charge in [-0.05, 0) is 25.7 Å². The van der Waals surface area contributed by atoms with Gasteiger partial charge in [-0.1, -0.05) is 0 Å². The first kappa shape index (κ1) is 10.6. The molecule has 2 heterocycles. The highest BCUT2D eigenvalue weighted by Crippen LogP contribution is 2.44. The average molecular weight is 236 g/mol. The van der Waals surface area contributed by atoms with Crippen LogP contribution in [-0.2, 0) is 0 Å². The van der Waals surface area contributed by atoms with Crippen LogP contribution in [0.2, 0.25) is 0 Å². The Hall–Kier alpha value is -1.56. The molecule has 2 aliphatic rings. The van der Waals surface area contributed by atoms with E-state index < -0.39 is 5.60 Å². The second-order valence-corrected chi connectivity index (χ2v) is 5.15. The van der Waals surface area contributed by atoms with Crippen molar-refractivity contribution in [1.29, 1.82) is 0 Å². The molecule has 1 saturated carbocycles. The van der Waals surface area contributed by atoms with Gasteiger partial charge in [0.2, 0.25) is 0 Å². The maximum absolute atomic E-state index is 12.0. The molecular weight excluding hydrogens is 220 g/mol. The Morgan fingerprint density at radius 3 is 2.71 bits per heavy atom. The number of aromatic amines is 1. The maximum Gasteiger partial charge on any atom is 0.276 e. The molecule has 4 N–H and O–H groups in total. The summed E-state index contributed by atoms with van der Waals surface area (Å²) in [6, 6.07) is 0. The first-order chi connectivity index (χ1) is 8.01. The molecule has 1 aromatic heterocycles. The number of anilines is 1. The summed E-state index contributed by atoms with van der Waals surface area (Å²) >= 11 is 0. The van der Waals surface area contributed by atoms with Gasteiger partial charge in [0.05, 0.1) is 24.5 Å². The van der Waals surface area contributed by atoms with E-state index >= 15 is 0 Å². The van der Waals surface area contributed by atoms with Crippen LogP contribution >= 0.6 is 0 Å². The third-order valence-electron chi connectivity index (χ3n) is 3.75. The van der Waals surface area contributed by atoms with Crippen molar-refractivity contribution in [2.45, 2.75) is 25.4 Å². The number of hydrogen-bond donors (Lipinski definition) is 3. The van der Waals surface area contributed by atoms with Crippen molar-refractivity contribution in [3.8, 4) is 0 Å². The Morgan fingerprint density at radius 1 is 1.59 bits per heavy atom. The second-order valence-electron chi connectivity index (χ2n) is 5.15. The fraction of sp³-hybridized carbons (Fsp3) is 0.636. The zero-order valence-electron chi connectivity index (χ0n) is 9.73. The highest BCUT2D eigenvalue weighted by molar-refractivity contribution is 5.98. The zero-order valence-corrected chi connectivity index (χ0v) is 9.73. The average Bonchev–Trinajstić information content (AvgIpc) is 3.03. The van der Waals surface area contributed by atoms with Gasteiger partial charge >= 0.3 is 0 Å². The van der Waals surface area contributed by atoms with Crippen molar-refractivity contribution >= 4 is 11.6 Å². The molecule has 1 aliphatic heterocycles. The number of amides is 1. The molecule has 1 aromatic rings. The molecule has 3 rings (SSSR count). The molecular formula is C11H16N4O2. The molecule has 1 saturated heterocycles. The first-order valence-corrected chi connectivity index (χ1v) is 5.83. The van der Waals surface area contributed by atoms with Gasteiger partial charge < -0.3 is 15.7 Å². The summed E-state index contributed by atoms with van der Waals surface area (Å²) < 4.78 is 0. The van der Waals surface area contributed by atoms with E-state index in [4.69, 9.17) is 5.73 Å². The highest BCUT2D eigenvalue weighted by atomic mass is 16.3. The van der Waals surface area contributed by atoms with Crippen LogP contribution in [0.4, 0.5) is 5.69 Å². The van der Waals surface area contributed by atoms with E-state index in [0.29, 0.717) is 30.4 Å². The number of nitrogen functional groups attached to an aromatic ring is 1. The predicted molar refractivity (Wildman–Crippen MR) is 61.3 cm³/mol. The smallest absolute Gasteiger partial charge is 0.276 e. The molecule has 0 spiro atoms. The van der Waals surface area contributed by atoms with E-state index in [1.807, 2.05) is 0 Å². The lowest BCUT2D eigenvalue weighted by atomic mass is 9.88. The van der Waals surface area contributed by atoms with Crippen molar-refractivity contribution in [2.24, 2.45) is 5.92 Å². The third-order valence-corrected chi connectivity index (χ3v) is 3.75. The zero-order chi connectivity index (χ0) is 12.2. The van der Waals surface area contributed by atoms with Crippen LogP contribution in [0.15, 0.2) is 0 Å². The molecule has 0 atom stereocenters. The SMILES string of the molecule is Cc1[nH]nc(C(=O)N2CC(O)(C3CC3)C2)c1N. The van der Waals surface area contributed by atoms with Gasteiger partial charge in [0.15, 0.2) is 5.69 Å². The van der Waals surface area contributed by atoms with Gasteiger partial charge in [-0.2, -0.15) is 5.10 Å². The number of aromatic nitrogens is 2. The van der Waals surface area contributed by atoms with Crippen LogP contribution in [0.25, 0.3) is 0 Å². The lowest BCUT2D eigenvalue weighted by Gasteiger charge is -2.46. The number of aryl methyl sites for hydroxylation is 1. The number of β-amino-alcohol motifs (C(OH)–C–C–N with tert-alkyl or cyclic N) is 1. The van der Waals surface area contributed by atoms with Gasteiger partial charge in [-0.3, -0.25) is 9.89 Å². The van der Waals surface area contributed by atoms with Gasteiger partial charge in [0, 0.05) is 0 Å². The largest absolute Gasteiger partial charge is 0.395 e. The van der Waals surface area contributed by atoms with E-state index in [1.54, 1.807) is 11.8 Å². The van der Waals surface area contributed by atoms with Crippen LogP contribution in [0.3, 0.4) is 0 Å². The number of carbonyl (C=O) groups is 1. The summed E-state index contributed by atoms with van der Waals surface area (Å²) in [6.07, 6.45) is 2.14. The minimum Gasteiger partial charge on any atom is -0.395 e. The van der Waals surface area contributed by atoms with Crippen molar-refractivity contribution < 1.29 is 9.90 Å². The topological polar surface area (TPSA) is 95.2 Å². The van der Waals surface area contributed by atoms with Gasteiger partial charge in [-0.15, -0.1) is 0 Å². The Bertz CT molecular complexity index is 472. The van der Waals surface area contributed by atoms with Crippen molar-refractivity contribution in [2.75, 3.05) is 18.8 Å². The normalized spacial score (nSPS) is 22.4. The highest BCUT2D eigenvalue weighted by Gasteiger charge is 2.53. The maximum atomic E-state index is 12.0. The van der Waals surface area contributed by atoms with Crippen molar-refractivity contribution in [3.05, 3.63) is 11.4 Å². The Balaban J connectivity index is 1.71. The standard InChI is InChI=1S/C11H16N4O2/c1-6-8(12)9(14-13-6)10(16)15-4-11(17,5-15)7-2-3-7/h7,17H,2-5,12H2,1H3,(H,13,14). The summed E-state index contributed by atoms with van der Waals surface area (Å²) in [4.78, 5) is 13.6. The van der Waals surface area contributed by atoms with E-state index in [-0.39, 0.29) is 11.6 Å². The fourth-order valence-electron chi connectivity index (χ4n) is 2.39. The fourth-order valence-corrected chi connectivity index (χ4v) is 2.39. The van der Waals surface area contributed by atoms with Crippen LogP contribution in [0.5, 0.6) is 0 Å². The predicted octanol–water partition coefficient (Wildman–Crippen LogP) is -0.103. The minimum absolute atomic E-state index is 0.197. The first-order valence-electron chi connectivity index (χ1n) is 5.83. The van der Waals surface area contributed by atoms with Crippen LogP contribution in [-0.4, -0.2) is 44.8 Å². The van der Waals surface area contributed by atoms with Gasteiger partial charge in [0.25, 0.3) is 5.91 Å². The van der Waals surface area contributed by atoms with Gasteiger partial charge in [0.1, 0.15) is 5.60 Å². The summed E-state index contributed by atoms with van der Waals surface area (Å²) in [5, 5.41) is 16.7. The van der Waals surface area contributed by atoms with Crippen molar-refractivity contribution in [1.82, 2.24) is 15.1 Å². The molecule has 2 fully saturated rings. The number of hydrogen-bond acceptors (Lipinski definition) is 4. The summed E-state index contributed by atoms with van der Waals surface area (Å²) in [5.41, 5.74) is 6.46. The molecule has 6 heteroatoms. The van der Waals surface area contributed by atoms with E-state index in [1.165, 1.54) is 0 Å². The number of H-pyrrole nitrogens is 1. The molecule has 1 aliphatic carbocycles. The number of rotatable bonds is 2. The van der Waals surface area contributed by atoms with E-state index in [0.717, 1.165) is 12.8 Å². The second kappa shape index (κ2) is 3.22. The summed E-state index contributed by atoms with van der Waals surface area (Å²) in [7, 11) is 0. The Morgan fingerprint density at radius 2 is 2.24 bits per heavy atom. The summed E-state index contributed by atoms with van der Waals surface area (Å²) in [5.74, 6) is 0.182. The lowest BCUT2D eigenvalue weighted by Crippen LogP contribution is -2.64. The van der Waals surface area contributed by atoms with Gasteiger partial charge in [-0.25, -0.2) is 0 Å². The molecule has 0 unspecified atom stereocenters. The number of aliphatic hydroxyl groups is 1. The molecule has 0 bridgehead atoms. The van der Waals surface area contributed by atoms with E-state index in [9.17, 15) is 9.90 Å². The molecule has 0 radical (unpaired) electrons. The quantitative estimate of drug-likeness (QED) is 0.668. The number of carbonyl (C=O) groups excluding carboxylic acids is 1. The molecule has 1 amide bonds. The van der Waals surface area contributed by atoms with Crippen LogP contribution in [0, 0.1) is 12.8 Å². The van der Waals surface area contributed by atoms with Crippen molar-refractivity contribution in [3.63, 3.8) is 0 Å². The third kappa shape index (κ3) is 1.51. The summed E-state index contributed by atoms with van der Waals surface area (Å²) in [6.45, 7) is 2.58. The molecule has 17 heavy (non-hydrogen) atoms. The Kier molecular flexibility index (Phi) is 2.01. The molecule has 92 valence electrons.